The first-order valence-electron chi connectivity index (χ1n) is 5.81. The molecule has 0 unspecified atom stereocenters. The average Bonchev–Trinajstić information content (AvgIpc) is 2.48. The second kappa shape index (κ2) is 6.29. The molecule has 1 atom stereocenters. The van der Waals surface area contributed by atoms with Crippen LogP contribution in [-0.4, -0.2) is 22.9 Å². The maximum Gasteiger partial charge on any atom is 0.175 e. The van der Waals surface area contributed by atoms with E-state index in [0.717, 1.165) is 0 Å². The van der Waals surface area contributed by atoms with E-state index in [9.17, 15) is 9.00 Å². The van der Waals surface area contributed by atoms with E-state index in [-0.39, 0.29) is 11.5 Å². The van der Waals surface area contributed by atoms with Crippen molar-refractivity contribution in [1.29, 1.82) is 0 Å². The highest BCUT2D eigenvalue weighted by Crippen LogP contribution is 2.13. The summed E-state index contributed by atoms with van der Waals surface area (Å²) in [6.45, 7) is 0. The second-order valence-electron chi connectivity index (χ2n) is 3.95. The molecule has 0 bridgehead atoms. The lowest BCUT2D eigenvalue weighted by atomic mass is 10.1. The van der Waals surface area contributed by atoms with Crippen molar-refractivity contribution in [3.05, 3.63) is 60.2 Å². The Morgan fingerprint density at radius 1 is 1.05 bits per heavy atom. The Bertz CT molecular complexity index is 576. The van der Waals surface area contributed by atoms with Gasteiger partial charge in [0.15, 0.2) is 5.78 Å². The van der Waals surface area contributed by atoms with Crippen molar-refractivity contribution in [2.45, 2.75) is 4.90 Å². The van der Waals surface area contributed by atoms with Crippen LogP contribution in [0.15, 0.2) is 59.5 Å². The highest BCUT2D eigenvalue weighted by Gasteiger charge is 2.12. The summed E-state index contributed by atoms with van der Waals surface area (Å²) >= 11 is 0. The van der Waals surface area contributed by atoms with Gasteiger partial charge in [-0.3, -0.25) is 9.00 Å². The third-order valence-corrected chi connectivity index (χ3v) is 4.00. The van der Waals surface area contributed by atoms with Crippen LogP contribution in [0.2, 0.25) is 0 Å². The molecular formula is C15H14O3S. The summed E-state index contributed by atoms with van der Waals surface area (Å²) in [6, 6.07) is 15.8. The fourth-order valence-corrected chi connectivity index (χ4v) is 2.67. The summed E-state index contributed by atoms with van der Waals surface area (Å²) in [6.07, 6.45) is 0. The van der Waals surface area contributed by atoms with Gasteiger partial charge in [0.25, 0.3) is 0 Å². The number of carbonyl (C=O) groups excluding carboxylic acids is 1. The third kappa shape index (κ3) is 3.51. The molecule has 2 aromatic carbocycles. The molecule has 0 N–H and O–H groups in total. The number of hydrogen-bond acceptors (Lipinski definition) is 3. The minimum Gasteiger partial charge on any atom is -0.497 e. The van der Waals surface area contributed by atoms with Crippen LogP contribution in [0.3, 0.4) is 0 Å². The first-order chi connectivity index (χ1) is 9.20. The van der Waals surface area contributed by atoms with Gasteiger partial charge >= 0.3 is 0 Å². The Kier molecular flexibility index (Phi) is 4.47. The molecule has 0 aliphatic rings. The summed E-state index contributed by atoms with van der Waals surface area (Å²) in [4.78, 5) is 12.7. The van der Waals surface area contributed by atoms with E-state index in [0.29, 0.717) is 16.2 Å². The molecule has 2 aromatic rings. The fourth-order valence-electron chi connectivity index (χ4n) is 1.63. The summed E-state index contributed by atoms with van der Waals surface area (Å²) < 4.78 is 17.0. The molecule has 3 nitrogen and oxygen atoms in total. The fraction of sp³-hybridized carbons (Fsp3) is 0.133. The summed E-state index contributed by atoms with van der Waals surface area (Å²) in [5.41, 5.74) is 0.546. The zero-order valence-corrected chi connectivity index (χ0v) is 11.4. The molecule has 0 amide bonds. The molecule has 0 aliphatic carbocycles. The van der Waals surface area contributed by atoms with Crippen LogP contribution in [0.4, 0.5) is 0 Å². The van der Waals surface area contributed by atoms with Gasteiger partial charge in [-0.2, -0.15) is 0 Å². The summed E-state index contributed by atoms with van der Waals surface area (Å²) in [5.74, 6) is 0.557. The Labute approximate surface area is 114 Å². The Balaban J connectivity index is 2.06. The van der Waals surface area contributed by atoms with Crippen LogP contribution in [0.5, 0.6) is 5.75 Å². The molecular weight excluding hydrogens is 260 g/mol. The maximum atomic E-state index is 12.0. The van der Waals surface area contributed by atoms with Crippen LogP contribution >= 0.6 is 0 Å². The lowest BCUT2D eigenvalue weighted by molar-refractivity contribution is 0.102. The molecule has 0 aliphatic heterocycles. The molecule has 2 rings (SSSR count). The first kappa shape index (κ1) is 13.5. The molecule has 4 heteroatoms. The van der Waals surface area contributed by atoms with Gasteiger partial charge in [0.2, 0.25) is 0 Å². The van der Waals surface area contributed by atoms with E-state index in [1.54, 1.807) is 43.5 Å². The monoisotopic (exact) mass is 274 g/mol. The van der Waals surface area contributed by atoms with Crippen LogP contribution in [-0.2, 0) is 10.8 Å². The van der Waals surface area contributed by atoms with Crippen LogP contribution < -0.4 is 4.74 Å². The number of Topliss-reactive ketones (excluding diaryl/α,β-unsaturated/α-hetero) is 1. The van der Waals surface area contributed by atoms with E-state index >= 15 is 0 Å². The minimum absolute atomic E-state index is 0.00363. The molecule has 0 radical (unpaired) electrons. The lowest BCUT2D eigenvalue weighted by Gasteiger charge is -2.03. The average molecular weight is 274 g/mol. The molecule has 19 heavy (non-hydrogen) atoms. The van der Waals surface area contributed by atoms with E-state index in [4.69, 9.17) is 4.74 Å². The smallest absolute Gasteiger partial charge is 0.175 e. The van der Waals surface area contributed by atoms with Gasteiger partial charge in [-0.15, -0.1) is 0 Å². The quantitative estimate of drug-likeness (QED) is 0.787. The lowest BCUT2D eigenvalue weighted by Crippen LogP contribution is -2.11. The minimum atomic E-state index is -1.30. The van der Waals surface area contributed by atoms with Crippen molar-refractivity contribution < 1.29 is 13.7 Å². The van der Waals surface area contributed by atoms with E-state index < -0.39 is 10.8 Å². The number of rotatable bonds is 5. The number of carbonyl (C=O) groups is 1. The van der Waals surface area contributed by atoms with Gasteiger partial charge in [-0.1, -0.05) is 18.2 Å². The number of benzene rings is 2. The van der Waals surface area contributed by atoms with Crippen molar-refractivity contribution in [2.24, 2.45) is 0 Å². The topological polar surface area (TPSA) is 43.4 Å². The molecule has 0 saturated heterocycles. The molecule has 0 heterocycles. The Morgan fingerprint density at radius 2 is 1.68 bits per heavy atom. The largest absolute Gasteiger partial charge is 0.497 e. The summed E-state index contributed by atoms with van der Waals surface area (Å²) in [5, 5.41) is 0. The summed E-state index contributed by atoms with van der Waals surface area (Å²) in [7, 11) is 0.269. The predicted molar refractivity (Wildman–Crippen MR) is 75.0 cm³/mol. The van der Waals surface area contributed by atoms with Crippen LogP contribution in [0.1, 0.15) is 10.4 Å². The van der Waals surface area contributed by atoms with E-state index in [1.165, 1.54) is 0 Å². The first-order valence-corrected chi connectivity index (χ1v) is 7.13. The normalized spacial score (nSPS) is 11.8. The maximum absolute atomic E-state index is 12.0. The highest BCUT2D eigenvalue weighted by atomic mass is 32.2. The van der Waals surface area contributed by atoms with Crippen molar-refractivity contribution in [2.75, 3.05) is 12.9 Å². The van der Waals surface area contributed by atoms with Crippen molar-refractivity contribution in [3.63, 3.8) is 0 Å². The van der Waals surface area contributed by atoms with Crippen molar-refractivity contribution >= 4 is 16.6 Å². The number of methoxy groups -OCH3 is 1. The standard InChI is InChI=1S/C15H14O3S/c1-18-13-9-7-12(8-10-13)15(16)11-19(17)14-5-3-2-4-6-14/h2-10H,11H2,1H3/t19-/m0/s1. The van der Waals surface area contributed by atoms with Gasteiger partial charge in [-0.25, -0.2) is 0 Å². The molecule has 0 fully saturated rings. The van der Waals surface area contributed by atoms with Gasteiger partial charge in [-0.05, 0) is 36.4 Å². The number of ketones is 1. The van der Waals surface area contributed by atoms with Crippen LogP contribution in [0.25, 0.3) is 0 Å². The molecule has 0 aromatic heterocycles. The van der Waals surface area contributed by atoms with Gasteiger partial charge in [0, 0.05) is 10.5 Å². The SMILES string of the molecule is COc1ccc(C(=O)C[S@](=O)c2ccccc2)cc1. The number of hydrogen-bond donors (Lipinski definition) is 0. The zero-order chi connectivity index (χ0) is 13.7. The van der Waals surface area contributed by atoms with Gasteiger partial charge < -0.3 is 4.74 Å². The Hall–Kier alpha value is -1.94. The van der Waals surface area contributed by atoms with E-state index in [2.05, 4.69) is 0 Å². The highest BCUT2D eigenvalue weighted by molar-refractivity contribution is 7.85. The molecule has 0 spiro atoms. The third-order valence-electron chi connectivity index (χ3n) is 2.68. The van der Waals surface area contributed by atoms with Crippen molar-refractivity contribution in [1.82, 2.24) is 0 Å². The zero-order valence-electron chi connectivity index (χ0n) is 10.5. The van der Waals surface area contributed by atoms with Gasteiger partial charge in [0.05, 0.1) is 23.7 Å². The molecule has 0 saturated carbocycles. The number of ether oxygens (including phenoxy) is 1. The van der Waals surface area contributed by atoms with E-state index in [1.807, 2.05) is 18.2 Å². The van der Waals surface area contributed by atoms with Crippen molar-refractivity contribution in [3.8, 4) is 5.75 Å². The second-order valence-corrected chi connectivity index (χ2v) is 5.41. The van der Waals surface area contributed by atoms with Gasteiger partial charge in [0.1, 0.15) is 5.75 Å². The predicted octanol–water partition coefficient (Wildman–Crippen LogP) is 2.69. The molecule has 98 valence electrons. The van der Waals surface area contributed by atoms with Crippen LogP contribution in [0, 0.1) is 0 Å². The Morgan fingerprint density at radius 3 is 2.26 bits per heavy atom.